The summed E-state index contributed by atoms with van der Waals surface area (Å²) in [7, 11) is 0. The zero-order valence-electron chi connectivity index (χ0n) is 12.3. The van der Waals surface area contributed by atoms with Gasteiger partial charge in [0.15, 0.2) is 0 Å². The summed E-state index contributed by atoms with van der Waals surface area (Å²) in [5, 5.41) is 8.17. The molecule has 21 heavy (non-hydrogen) atoms. The van der Waals surface area contributed by atoms with Crippen LogP contribution in [0.25, 0.3) is 0 Å². The van der Waals surface area contributed by atoms with Crippen LogP contribution in [0.3, 0.4) is 0 Å². The molecule has 112 valence electrons. The second kappa shape index (κ2) is 6.55. The van der Waals surface area contributed by atoms with E-state index < -0.39 is 0 Å². The van der Waals surface area contributed by atoms with E-state index in [4.69, 9.17) is 0 Å². The van der Waals surface area contributed by atoms with Gasteiger partial charge in [-0.05, 0) is 41.0 Å². The SMILES string of the molecule is CCNC(c1c(Br)cnn1CC)C1CSc2ccccc21. The van der Waals surface area contributed by atoms with Crippen LogP contribution in [0, 0.1) is 0 Å². The Hall–Kier alpha value is -0.780. The van der Waals surface area contributed by atoms with Crippen LogP contribution < -0.4 is 5.32 Å². The number of halogens is 1. The molecule has 2 atom stereocenters. The summed E-state index contributed by atoms with van der Waals surface area (Å²) in [5.74, 6) is 1.61. The molecular formula is C16H20BrN3S. The van der Waals surface area contributed by atoms with Crippen LogP contribution in [-0.4, -0.2) is 22.1 Å². The molecule has 0 aliphatic carbocycles. The summed E-state index contributed by atoms with van der Waals surface area (Å²) in [6.45, 7) is 6.16. The van der Waals surface area contributed by atoms with Crippen molar-refractivity contribution in [1.29, 1.82) is 0 Å². The number of nitrogens with zero attached hydrogens (tertiary/aromatic N) is 2. The third kappa shape index (κ3) is 2.79. The Bertz CT molecular complexity index is 626. The molecule has 2 aromatic rings. The molecular weight excluding hydrogens is 346 g/mol. The lowest BCUT2D eigenvalue weighted by atomic mass is 9.91. The number of nitrogens with one attached hydrogen (secondary N) is 1. The summed E-state index contributed by atoms with van der Waals surface area (Å²) >= 11 is 5.65. The van der Waals surface area contributed by atoms with Gasteiger partial charge in [0.25, 0.3) is 0 Å². The first-order chi connectivity index (χ1) is 10.3. The van der Waals surface area contributed by atoms with E-state index >= 15 is 0 Å². The van der Waals surface area contributed by atoms with Crippen molar-refractivity contribution in [3.8, 4) is 0 Å². The number of hydrogen-bond acceptors (Lipinski definition) is 3. The van der Waals surface area contributed by atoms with Crippen LogP contribution in [0.2, 0.25) is 0 Å². The molecule has 0 saturated heterocycles. The second-order valence-electron chi connectivity index (χ2n) is 5.18. The molecule has 0 spiro atoms. The minimum Gasteiger partial charge on any atom is -0.308 e. The third-order valence-electron chi connectivity index (χ3n) is 3.99. The van der Waals surface area contributed by atoms with Crippen molar-refractivity contribution < 1.29 is 0 Å². The van der Waals surface area contributed by atoms with E-state index in [0.717, 1.165) is 23.3 Å². The number of thioether (sulfide) groups is 1. The Balaban J connectivity index is 2.01. The number of aryl methyl sites for hydroxylation is 1. The topological polar surface area (TPSA) is 29.9 Å². The van der Waals surface area contributed by atoms with Crippen LogP contribution in [0.5, 0.6) is 0 Å². The predicted molar refractivity (Wildman–Crippen MR) is 91.9 cm³/mol. The highest BCUT2D eigenvalue weighted by atomic mass is 79.9. The smallest absolute Gasteiger partial charge is 0.0702 e. The molecule has 1 aromatic carbocycles. The predicted octanol–water partition coefficient (Wildman–Crippen LogP) is 4.21. The van der Waals surface area contributed by atoms with Gasteiger partial charge in [-0.15, -0.1) is 11.8 Å². The number of benzene rings is 1. The highest BCUT2D eigenvalue weighted by Gasteiger charge is 2.33. The number of fused-ring (bicyclic) bond motifs is 1. The van der Waals surface area contributed by atoms with E-state index in [1.807, 2.05) is 18.0 Å². The van der Waals surface area contributed by atoms with Crippen LogP contribution >= 0.6 is 27.7 Å². The number of aromatic nitrogens is 2. The van der Waals surface area contributed by atoms with E-state index in [-0.39, 0.29) is 0 Å². The maximum absolute atomic E-state index is 4.49. The van der Waals surface area contributed by atoms with Gasteiger partial charge in [-0.1, -0.05) is 25.1 Å². The lowest BCUT2D eigenvalue weighted by Crippen LogP contribution is -2.29. The molecule has 3 rings (SSSR count). The van der Waals surface area contributed by atoms with Crippen molar-refractivity contribution in [3.63, 3.8) is 0 Å². The van der Waals surface area contributed by atoms with Gasteiger partial charge in [-0.3, -0.25) is 4.68 Å². The lowest BCUT2D eigenvalue weighted by molar-refractivity contribution is 0.442. The Morgan fingerprint density at radius 3 is 3.00 bits per heavy atom. The van der Waals surface area contributed by atoms with Crippen molar-refractivity contribution in [2.45, 2.75) is 37.2 Å². The van der Waals surface area contributed by atoms with Gasteiger partial charge in [0, 0.05) is 23.1 Å². The second-order valence-corrected chi connectivity index (χ2v) is 7.10. The molecule has 0 radical (unpaired) electrons. The Morgan fingerprint density at radius 2 is 2.24 bits per heavy atom. The van der Waals surface area contributed by atoms with Crippen LogP contribution in [0.15, 0.2) is 39.8 Å². The van der Waals surface area contributed by atoms with Crippen molar-refractivity contribution in [1.82, 2.24) is 15.1 Å². The van der Waals surface area contributed by atoms with Gasteiger partial charge in [0.1, 0.15) is 0 Å². The highest BCUT2D eigenvalue weighted by Crippen LogP contribution is 2.46. The molecule has 0 saturated carbocycles. The molecule has 1 N–H and O–H groups in total. The molecule has 1 aliphatic heterocycles. The van der Waals surface area contributed by atoms with Gasteiger partial charge in [-0.2, -0.15) is 5.10 Å². The van der Waals surface area contributed by atoms with Crippen molar-refractivity contribution >= 4 is 27.7 Å². The maximum Gasteiger partial charge on any atom is 0.0702 e. The van der Waals surface area contributed by atoms with Crippen LogP contribution in [0.4, 0.5) is 0 Å². The molecule has 0 amide bonds. The molecule has 0 bridgehead atoms. The zero-order valence-corrected chi connectivity index (χ0v) is 14.7. The summed E-state index contributed by atoms with van der Waals surface area (Å²) in [6.07, 6.45) is 1.91. The summed E-state index contributed by atoms with van der Waals surface area (Å²) in [6, 6.07) is 9.07. The Morgan fingerprint density at radius 1 is 1.43 bits per heavy atom. The van der Waals surface area contributed by atoms with Gasteiger partial charge >= 0.3 is 0 Å². The largest absolute Gasteiger partial charge is 0.308 e. The number of rotatable bonds is 5. The lowest BCUT2D eigenvalue weighted by Gasteiger charge is -2.26. The highest BCUT2D eigenvalue weighted by molar-refractivity contribution is 9.10. The quantitative estimate of drug-likeness (QED) is 0.860. The first kappa shape index (κ1) is 15.1. The fourth-order valence-electron chi connectivity index (χ4n) is 3.05. The average molecular weight is 366 g/mol. The van der Waals surface area contributed by atoms with Crippen LogP contribution in [-0.2, 0) is 6.54 Å². The Kier molecular flexibility index (Phi) is 4.72. The molecule has 0 fully saturated rings. The normalized spacial score (nSPS) is 18.7. The molecule has 1 aliphatic rings. The van der Waals surface area contributed by atoms with Gasteiger partial charge < -0.3 is 5.32 Å². The zero-order chi connectivity index (χ0) is 14.8. The van der Waals surface area contributed by atoms with E-state index in [1.54, 1.807) is 0 Å². The first-order valence-corrected chi connectivity index (χ1v) is 9.20. The fourth-order valence-corrected chi connectivity index (χ4v) is 4.88. The van der Waals surface area contributed by atoms with Crippen molar-refractivity contribution in [2.75, 3.05) is 12.3 Å². The minimum atomic E-state index is 0.294. The first-order valence-electron chi connectivity index (χ1n) is 7.42. The van der Waals surface area contributed by atoms with Gasteiger partial charge in [-0.25, -0.2) is 0 Å². The van der Waals surface area contributed by atoms with Crippen LogP contribution in [0.1, 0.15) is 37.1 Å². The van der Waals surface area contributed by atoms with Gasteiger partial charge in [0.2, 0.25) is 0 Å². The van der Waals surface area contributed by atoms with Crippen molar-refractivity contribution in [2.24, 2.45) is 0 Å². The molecule has 1 aromatic heterocycles. The van der Waals surface area contributed by atoms with Crippen molar-refractivity contribution in [3.05, 3.63) is 46.2 Å². The van der Waals surface area contributed by atoms with E-state index in [0.29, 0.717) is 12.0 Å². The van der Waals surface area contributed by atoms with E-state index in [9.17, 15) is 0 Å². The minimum absolute atomic E-state index is 0.294. The summed E-state index contributed by atoms with van der Waals surface area (Å²) in [4.78, 5) is 1.42. The van der Waals surface area contributed by atoms with E-state index in [1.165, 1.54) is 16.2 Å². The Labute approximate surface area is 138 Å². The summed E-state index contributed by atoms with van der Waals surface area (Å²) in [5.41, 5.74) is 2.73. The molecule has 2 unspecified atom stereocenters. The molecule has 5 heteroatoms. The molecule has 2 heterocycles. The van der Waals surface area contributed by atoms with Gasteiger partial charge in [0.05, 0.1) is 22.4 Å². The number of likely N-dealkylation sites (N-methyl/N-ethyl adjacent to an activating group) is 1. The average Bonchev–Trinajstić information content (AvgIpc) is 3.09. The molecule has 3 nitrogen and oxygen atoms in total. The number of hydrogen-bond donors (Lipinski definition) is 1. The summed E-state index contributed by atoms with van der Waals surface area (Å²) < 4.78 is 3.20. The standard InChI is InChI=1S/C16H20BrN3S/c1-3-18-15(16-13(17)9-19-20(16)4-2)12-10-21-14-8-6-5-7-11(12)14/h5-9,12,15,18H,3-4,10H2,1-2H3. The fraction of sp³-hybridized carbons (Fsp3) is 0.438. The monoisotopic (exact) mass is 365 g/mol. The third-order valence-corrected chi connectivity index (χ3v) is 5.81. The maximum atomic E-state index is 4.49. The van der Waals surface area contributed by atoms with E-state index in [2.05, 4.69) is 69.1 Å².